The van der Waals surface area contributed by atoms with Crippen LogP contribution in [0.1, 0.15) is 45.4 Å². The zero-order chi connectivity index (χ0) is 16.2. The summed E-state index contributed by atoms with van der Waals surface area (Å²) in [5.41, 5.74) is -0.430. The first kappa shape index (κ1) is 15.0. The van der Waals surface area contributed by atoms with Crippen molar-refractivity contribution in [2.45, 2.75) is 63.3 Å². The van der Waals surface area contributed by atoms with Crippen molar-refractivity contribution in [3.63, 3.8) is 0 Å². The number of hydrogen-bond donors (Lipinski definition) is 0. The van der Waals surface area contributed by atoms with Gasteiger partial charge in [-0.2, -0.15) is 0 Å². The first-order valence-corrected chi connectivity index (χ1v) is 8.56. The summed E-state index contributed by atoms with van der Waals surface area (Å²) < 4.78 is 16.4. The van der Waals surface area contributed by atoms with Crippen LogP contribution in [0.4, 0.5) is 0 Å². The average Bonchev–Trinajstić information content (AvgIpc) is 3.11. The van der Waals surface area contributed by atoms with Crippen molar-refractivity contribution in [2.75, 3.05) is 0 Å². The molecule has 4 rings (SSSR count). The fourth-order valence-electron chi connectivity index (χ4n) is 5.27. The first-order valence-electron chi connectivity index (χ1n) is 8.56. The van der Waals surface area contributed by atoms with Crippen LogP contribution in [0.15, 0.2) is 0 Å². The molecule has 1 heterocycles. The molecule has 0 amide bonds. The van der Waals surface area contributed by atoms with E-state index in [1.54, 1.807) is 0 Å². The monoisotopic (exact) mass is 322 g/mol. The number of carbonyl (C=O) groups is 3. The van der Waals surface area contributed by atoms with Crippen molar-refractivity contribution in [2.24, 2.45) is 23.7 Å². The maximum Gasteiger partial charge on any atom is 0.310 e. The minimum atomic E-state index is -0.532. The van der Waals surface area contributed by atoms with E-state index in [0.29, 0.717) is 12.9 Å². The van der Waals surface area contributed by atoms with Gasteiger partial charge in [0.1, 0.15) is 17.8 Å². The summed E-state index contributed by atoms with van der Waals surface area (Å²) in [5.74, 6) is -1.79. The van der Waals surface area contributed by atoms with Gasteiger partial charge in [-0.3, -0.25) is 14.4 Å². The fraction of sp³-hybridized carbons (Fsp3) is 0.824. The molecule has 0 aromatic rings. The molecule has 4 aliphatic rings. The average molecular weight is 322 g/mol. The molecule has 126 valence electrons. The highest BCUT2D eigenvalue weighted by Crippen LogP contribution is 2.59. The smallest absolute Gasteiger partial charge is 0.310 e. The highest BCUT2D eigenvalue weighted by atomic mass is 16.6. The van der Waals surface area contributed by atoms with Gasteiger partial charge in [-0.15, -0.1) is 0 Å². The summed E-state index contributed by atoms with van der Waals surface area (Å²) in [6.45, 7) is 2.36. The van der Waals surface area contributed by atoms with Crippen LogP contribution in [-0.4, -0.2) is 36.2 Å². The van der Waals surface area contributed by atoms with E-state index in [1.165, 1.54) is 6.42 Å². The third kappa shape index (κ3) is 2.17. The SMILES string of the molecule is CC1(OC(=O)C2C3CC4C(OC(=O)C42)C3OC=O)CCCCC1. The Bertz CT molecular complexity index is 537. The van der Waals surface area contributed by atoms with E-state index in [-0.39, 0.29) is 29.9 Å². The Labute approximate surface area is 134 Å². The van der Waals surface area contributed by atoms with Gasteiger partial charge in [0.15, 0.2) is 0 Å². The van der Waals surface area contributed by atoms with Gasteiger partial charge in [0, 0.05) is 11.8 Å². The highest BCUT2D eigenvalue weighted by Gasteiger charge is 2.70. The number of esters is 2. The van der Waals surface area contributed by atoms with Gasteiger partial charge in [0.05, 0.1) is 11.8 Å². The summed E-state index contributed by atoms with van der Waals surface area (Å²) in [5, 5.41) is 0. The van der Waals surface area contributed by atoms with Crippen LogP contribution in [0.3, 0.4) is 0 Å². The van der Waals surface area contributed by atoms with Crippen LogP contribution >= 0.6 is 0 Å². The molecule has 2 bridgehead atoms. The van der Waals surface area contributed by atoms with Crippen LogP contribution < -0.4 is 0 Å². The molecule has 0 radical (unpaired) electrons. The van der Waals surface area contributed by atoms with Crippen molar-refractivity contribution in [3.05, 3.63) is 0 Å². The van der Waals surface area contributed by atoms with Gasteiger partial charge in [-0.1, -0.05) is 6.42 Å². The Balaban J connectivity index is 1.54. The largest absolute Gasteiger partial charge is 0.460 e. The zero-order valence-corrected chi connectivity index (χ0v) is 13.2. The number of fused-ring (bicyclic) bond motifs is 1. The normalized spacial score (nSPS) is 43.1. The lowest BCUT2D eigenvalue weighted by molar-refractivity contribution is -0.174. The van der Waals surface area contributed by atoms with Crippen LogP contribution in [-0.2, 0) is 28.6 Å². The first-order chi connectivity index (χ1) is 11.0. The molecule has 0 spiro atoms. The second kappa shape index (κ2) is 5.21. The molecule has 0 N–H and O–H groups in total. The lowest BCUT2D eigenvalue weighted by Crippen LogP contribution is -2.45. The van der Waals surface area contributed by atoms with Crippen LogP contribution in [0.5, 0.6) is 0 Å². The lowest BCUT2D eigenvalue weighted by atomic mass is 9.78. The molecule has 6 heteroatoms. The Kier molecular flexibility index (Phi) is 3.39. The molecule has 1 saturated heterocycles. The molecule has 23 heavy (non-hydrogen) atoms. The second-order valence-corrected chi connectivity index (χ2v) is 7.65. The van der Waals surface area contributed by atoms with Crippen molar-refractivity contribution in [3.8, 4) is 0 Å². The molecule has 0 aromatic carbocycles. The Hall–Kier alpha value is -1.59. The Morgan fingerprint density at radius 1 is 1.26 bits per heavy atom. The summed E-state index contributed by atoms with van der Waals surface area (Å²) in [6, 6.07) is 0. The molecule has 3 aliphatic carbocycles. The summed E-state index contributed by atoms with van der Waals surface area (Å²) in [4.78, 5) is 35.7. The van der Waals surface area contributed by atoms with Gasteiger partial charge < -0.3 is 14.2 Å². The zero-order valence-electron chi connectivity index (χ0n) is 13.2. The van der Waals surface area contributed by atoms with Gasteiger partial charge >= 0.3 is 11.9 Å². The quantitative estimate of drug-likeness (QED) is 0.444. The summed E-state index contributed by atoms with van der Waals surface area (Å²) >= 11 is 0. The van der Waals surface area contributed by atoms with E-state index in [9.17, 15) is 14.4 Å². The maximum absolute atomic E-state index is 12.8. The fourth-order valence-corrected chi connectivity index (χ4v) is 5.27. The van der Waals surface area contributed by atoms with E-state index in [4.69, 9.17) is 14.2 Å². The van der Waals surface area contributed by atoms with Gasteiger partial charge in [-0.25, -0.2) is 0 Å². The number of carbonyl (C=O) groups excluding carboxylic acids is 3. The van der Waals surface area contributed by atoms with E-state index < -0.39 is 23.5 Å². The summed E-state index contributed by atoms with van der Waals surface area (Å²) in [7, 11) is 0. The Morgan fingerprint density at radius 3 is 2.70 bits per heavy atom. The third-order valence-electron chi connectivity index (χ3n) is 6.29. The molecule has 3 saturated carbocycles. The molecule has 4 fully saturated rings. The molecular formula is C17H22O6. The van der Waals surface area contributed by atoms with Crippen molar-refractivity contribution < 1.29 is 28.6 Å². The third-order valence-corrected chi connectivity index (χ3v) is 6.29. The number of hydrogen-bond acceptors (Lipinski definition) is 6. The molecule has 1 aliphatic heterocycles. The predicted octanol–water partition coefficient (Wildman–Crippen LogP) is 1.60. The van der Waals surface area contributed by atoms with Crippen LogP contribution in [0.25, 0.3) is 0 Å². The second-order valence-electron chi connectivity index (χ2n) is 7.65. The molecule has 6 atom stereocenters. The van der Waals surface area contributed by atoms with Crippen molar-refractivity contribution >= 4 is 18.4 Å². The topological polar surface area (TPSA) is 78.9 Å². The molecule has 6 unspecified atom stereocenters. The molecule has 6 nitrogen and oxygen atoms in total. The van der Waals surface area contributed by atoms with E-state index >= 15 is 0 Å². The van der Waals surface area contributed by atoms with Crippen molar-refractivity contribution in [1.29, 1.82) is 0 Å². The van der Waals surface area contributed by atoms with Crippen LogP contribution in [0, 0.1) is 23.7 Å². The lowest BCUT2D eigenvalue weighted by Gasteiger charge is -2.36. The molecule has 0 aromatic heterocycles. The Morgan fingerprint density at radius 2 is 2.00 bits per heavy atom. The van der Waals surface area contributed by atoms with Crippen molar-refractivity contribution in [1.82, 2.24) is 0 Å². The standard InChI is InChI=1S/C17H22O6/c1-17(5-3-2-4-6-17)23-16(20)12-9-7-10-11(12)15(19)22-14(10)13(9)21-8-18/h8-14H,2-7H2,1H3. The minimum Gasteiger partial charge on any atom is -0.460 e. The maximum atomic E-state index is 12.8. The minimum absolute atomic E-state index is 0.0193. The van der Waals surface area contributed by atoms with Gasteiger partial charge in [0.2, 0.25) is 0 Å². The molecular weight excluding hydrogens is 300 g/mol. The van der Waals surface area contributed by atoms with Crippen LogP contribution in [0.2, 0.25) is 0 Å². The predicted molar refractivity (Wildman–Crippen MR) is 77.0 cm³/mol. The van der Waals surface area contributed by atoms with Gasteiger partial charge in [0.25, 0.3) is 6.47 Å². The van der Waals surface area contributed by atoms with E-state index in [1.807, 2.05) is 6.92 Å². The number of rotatable bonds is 4. The summed E-state index contributed by atoms with van der Waals surface area (Å²) in [6.07, 6.45) is 4.84. The van der Waals surface area contributed by atoms with Gasteiger partial charge in [-0.05, 0) is 39.0 Å². The van der Waals surface area contributed by atoms with E-state index in [0.717, 1.165) is 25.7 Å². The highest BCUT2D eigenvalue weighted by molar-refractivity contribution is 5.86. The van der Waals surface area contributed by atoms with E-state index in [2.05, 4.69) is 0 Å². The number of ether oxygens (including phenoxy) is 3.